The van der Waals surface area contributed by atoms with Crippen molar-refractivity contribution in [1.82, 2.24) is 15.2 Å². The van der Waals surface area contributed by atoms with Crippen molar-refractivity contribution in [2.24, 2.45) is 0 Å². The molecule has 0 unspecified atom stereocenters. The average molecular weight is 318 g/mol. The third kappa shape index (κ3) is 3.81. The van der Waals surface area contributed by atoms with Crippen LogP contribution >= 0.6 is 11.3 Å². The number of carbonyl (C=O) groups is 1. The van der Waals surface area contributed by atoms with Crippen LogP contribution in [0.3, 0.4) is 0 Å². The van der Waals surface area contributed by atoms with Gasteiger partial charge in [-0.15, -0.1) is 11.3 Å². The highest BCUT2D eigenvalue weighted by Gasteiger charge is 2.33. The minimum absolute atomic E-state index is 0.101. The number of nitrogens with one attached hydrogen (secondary N) is 2. The standard InChI is InChI=1S/C12H13F3N4OS/c1-3-8-6(2)21-11(16-8)17-10(20)5-7-4-9(19-18-7)12(13,14)15/h4H,3,5H2,1-2H3,(H,18,19)(H,16,17,20). The monoisotopic (exact) mass is 318 g/mol. The summed E-state index contributed by atoms with van der Waals surface area (Å²) in [5.41, 5.74) is -0.0383. The fourth-order valence-electron chi connectivity index (χ4n) is 1.74. The number of rotatable bonds is 4. The van der Waals surface area contributed by atoms with Gasteiger partial charge in [-0.2, -0.15) is 18.3 Å². The van der Waals surface area contributed by atoms with E-state index in [2.05, 4.69) is 20.5 Å². The highest BCUT2D eigenvalue weighted by atomic mass is 32.1. The molecule has 5 nitrogen and oxygen atoms in total. The van der Waals surface area contributed by atoms with Crippen molar-refractivity contribution < 1.29 is 18.0 Å². The molecule has 0 atom stereocenters. The molecule has 2 aromatic rings. The number of thiazole rings is 1. The fraction of sp³-hybridized carbons (Fsp3) is 0.417. The second-order valence-electron chi connectivity index (χ2n) is 4.38. The van der Waals surface area contributed by atoms with Crippen molar-refractivity contribution in [2.45, 2.75) is 32.9 Å². The number of alkyl halides is 3. The van der Waals surface area contributed by atoms with Crippen LogP contribution in [0.2, 0.25) is 0 Å². The maximum absolute atomic E-state index is 12.4. The number of hydrogen-bond donors (Lipinski definition) is 2. The van der Waals surface area contributed by atoms with Crippen LogP contribution < -0.4 is 5.32 Å². The summed E-state index contributed by atoms with van der Waals surface area (Å²) in [6.07, 6.45) is -3.98. The molecule has 0 aromatic carbocycles. The van der Waals surface area contributed by atoms with E-state index in [1.54, 1.807) is 0 Å². The van der Waals surface area contributed by atoms with Crippen molar-refractivity contribution in [3.8, 4) is 0 Å². The third-order valence-electron chi connectivity index (χ3n) is 2.75. The first-order valence-electron chi connectivity index (χ1n) is 6.17. The summed E-state index contributed by atoms with van der Waals surface area (Å²) in [5, 5.41) is 8.37. The van der Waals surface area contributed by atoms with Gasteiger partial charge in [0.05, 0.1) is 12.1 Å². The van der Waals surface area contributed by atoms with Gasteiger partial charge in [0.2, 0.25) is 5.91 Å². The summed E-state index contributed by atoms with van der Waals surface area (Å²) >= 11 is 1.34. The molecular formula is C12H13F3N4OS. The lowest BCUT2D eigenvalue weighted by atomic mass is 10.2. The lowest BCUT2D eigenvalue weighted by Gasteiger charge is -2.00. The quantitative estimate of drug-likeness (QED) is 0.910. The molecule has 0 radical (unpaired) electrons. The van der Waals surface area contributed by atoms with Gasteiger partial charge in [0, 0.05) is 10.6 Å². The molecule has 0 spiro atoms. The summed E-state index contributed by atoms with van der Waals surface area (Å²) in [6, 6.07) is 0.824. The Kier molecular flexibility index (Phi) is 4.31. The number of aromatic nitrogens is 3. The number of amides is 1. The highest BCUT2D eigenvalue weighted by molar-refractivity contribution is 7.15. The number of nitrogens with zero attached hydrogens (tertiary/aromatic N) is 2. The van der Waals surface area contributed by atoms with Crippen molar-refractivity contribution >= 4 is 22.4 Å². The molecule has 0 saturated carbocycles. The lowest BCUT2D eigenvalue weighted by Crippen LogP contribution is -2.14. The first-order valence-corrected chi connectivity index (χ1v) is 6.99. The van der Waals surface area contributed by atoms with Crippen LogP contribution in [0.4, 0.5) is 18.3 Å². The summed E-state index contributed by atoms with van der Waals surface area (Å²) in [6.45, 7) is 3.85. The molecule has 1 amide bonds. The largest absolute Gasteiger partial charge is 0.435 e. The normalized spacial score (nSPS) is 11.7. The predicted molar refractivity (Wildman–Crippen MR) is 72.2 cm³/mol. The highest BCUT2D eigenvalue weighted by Crippen LogP contribution is 2.28. The molecule has 2 N–H and O–H groups in total. The van der Waals surface area contributed by atoms with Crippen LogP contribution in [0.1, 0.15) is 28.9 Å². The number of aromatic amines is 1. The number of aryl methyl sites for hydroxylation is 2. The van der Waals surface area contributed by atoms with E-state index in [0.717, 1.165) is 23.1 Å². The Labute approximate surface area is 122 Å². The van der Waals surface area contributed by atoms with Crippen molar-refractivity contribution in [3.05, 3.63) is 28.0 Å². The van der Waals surface area contributed by atoms with Crippen LogP contribution in [-0.2, 0) is 23.8 Å². The maximum Gasteiger partial charge on any atom is 0.435 e. The Hall–Kier alpha value is -1.90. The van der Waals surface area contributed by atoms with Gasteiger partial charge in [0.25, 0.3) is 0 Å². The van der Waals surface area contributed by atoms with Crippen LogP contribution in [0, 0.1) is 6.92 Å². The minimum Gasteiger partial charge on any atom is -0.302 e. The summed E-state index contributed by atoms with van der Waals surface area (Å²) in [5.74, 6) is -0.441. The van der Waals surface area contributed by atoms with Crippen LogP contribution in [0.5, 0.6) is 0 Å². The molecule has 21 heavy (non-hydrogen) atoms. The Balaban J connectivity index is 1.99. The Morgan fingerprint density at radius 2 is 2.19 bits per heavy atom. The molecule has 0 bridgehead atoms. The van der Waals surface area contributed by atoms with Crippen molar-refractivity contribution in [2.75, 3.05) is 5.32 Å². The van der Waals surface area contributed by atoms with Crippen LogP contribution in [-0.4, -0.2) is 21.1 Å². The summed E-state index contributed by atoms with van der Waals surface area (Å²) in [4.78, 5) is 17.0. The van der Waals surface area contributed by atoms with E-state index in [0.29, 0.717) is 5.13 Å². The number of halogens is 3. The Bertz CT molecular complexity index is 647. The smallest absolute Gasteiger partial charge is 0.302 e. The number of hydrogen-bond acceptors (Lipinski definition) is 4. The average Bonchev–Trinajstić information content (AvgIpc) is 2.95. The van der Waals surface area contributed by atoms with Gasteiger partial charge in [0.1, 0.15) is 0 Å². The van der Waals surface area contributed by atoms with Gasteiger partial charge in [-0.05, 0) is 19.4 Å². The van der Waals surface area contributed by atoms with Gasteiger partial charge in [-0.1, -0.05) is 6.92 Å². The topological polar surface area (TPSA) is 70.7 Å². The Morgan fingerprint density at radius 1 is 1.48 bits per heavy atom. The molecule has 2 heterocycles. The molecule has 2 rings (SSSR count). The zero-order valence-corrected chi connectivity index (χ0v) is 12.2. The second-order valence-corrected chi connectivity index (χ2v) is 5.58. The zero-order chi connectivity index (χ0) is 15.6. The Morgan fingerprint density at radius 3 is 2.71 bits per heavy atom. The van der Waals surface area contributed by atoms with Gasteiger partial charge in [-0.3, -0.25) is 9.89 Å². The molecule has 0 fully saturated rings. The first-order chi connectivity index (χ1) is 9.79. The fourth-order valence-corrected chi connectivity index (χ4v) is 2.66. The van der Waals surface area contributed by atoms with Crippen LogP contribution in [0.15, 0.2) is 6.07 Å². The van der Waals surface area contributed by atoms with Gasteiger partial charge < -0.3 is 5.32 Å². The second kappa shape index (κ2) is 5.84. The van der Waals surface area contributed by atoms with E-state index >= 15 is 0 Å². The van der Waals surface area contributed by atoms with E-state index in [-0.39, 0.29) is 12.1 Å². The third-order valence-corrected chi connectivity index (χ3v) is 3.67. The molecule has 114 valence electrons. The molecule has 0 aliphatic rings. The summed E-state index contributed by atoms with van der Waals surface area (Å²) < 4.78 is 37.1. The number of H-pyrrole nitrogens is 1. The minimum atomic E-state index is -4.52. The molecule has 0 saturated heterocycles. The van der Waals surface area contributed by atoms with Crippen molar-refractivity contribution in [3.63, 3.8) is 0 Å². The number of carbonyl (C=O) groups excluding carboxylic acids is 1. The van der Waals surface area contributed by atoms with Crippen LogP contribution in [0.25, 0.3) is 0 Å². The predicted octanol–water partition coefficient (Wildman–Crippen LogP) is 2.94. The van der Waals surface area contributed by atoms with E-state index < -0.39 is 17.8 Å². The van der Waals surface area contributed by atoms with Gasteiger partial charge in [0.15, 0.2) is 10.8 Å². The van der Waals surface area contributed by atoms with E-state index in [9.17, 15) is 18.0 Å². The lowest BCUT2D eigenvalue weighted by molar-refractivity contribution is -0.141. The molecule has 2 aromatic heterocycles. The number of anilines is 1. The van der Waals surface area contributed by atoms with Crippen molar-refractivity contribution in [1.29, 1.82) is 0 Å². The zero-order valence-electron chi connectivity index (χ0n) is 11.3. The van der Waals surface area contributed by atoms with E-state index in [1.165, 1.54) is 11.3 Å². The molecular weight excluding hydrogens is 305 g/mol. The van der Waals surface area contributed by atoms with Gasteiger partial charge >= 0.3 is 6.18 Å². The molecule has 0 aliphatic carbocycles. The SMILES string of the molecule is CCc1nc(NC(=O)Cc2cc(C(F)(F)F)n[nH]2)sc1C. The summed E-state index contributed by atoms with van der Waals surface area (Å²) in [7, 11) is 0. The van der Waals surface area contributed by atoms with E-state index in [4.69, 9.17) is 0 Å². The molecule has 9 heteroatoms. The first kappa shape index (κ1) is 15.5. The maximum atomic E-state index is 12.4. The van der Waals surface area contributed by atoms with E-state index in [1.807, 2.05) is 13.8 Å². The molecule has 0 aliphatic heterocycles. The van der Waals surface area contributed by atoms with Gasteiger partial charge in [-0.25, -0.2) is 4.98 Å².